The highest BCUT2D eigenvalue weighted by Gasteiger charge is 2.17. The van der Waals surface area contributed by atoms with Crippen LogP contribution < -0.4 is 5.32 Å². The molecule has 1 N–H and O–H groups in total. The fraction of sp³-hybridized carbons (Fsp3) is 0.316. The van der Waals surface area contributed by atoms with Crippen LogP contribution in [-0.2, 0) is 17.8 Å². The van der Waals surface area contributed by atoms with Crippen LogP contribution in [0.5, 0.6) is 0 Å². The minimum Gasteiger partial charge on any atom is -0.465 e. The first kappa shape index (κ1) is 19.4. The lowest BCUT2D eigenvalue weighted by Gasteiger charge is -2.15. The highest BCUT2D eigenvalue weighted by Crippen LogP contribution is 2.23. The number of nitro groups is 1. The van der Waals surface area contributed by atoms with Gasteiger partial charge in [-0.1, -0.05) is 31.2 Å². The smallest absolute Gasteiger partial charge is 0.340 e. The number of nitrogens with zero attached hydrogens (tertiary/aromatic N) is 2. The Bertz CT molecular complexity index is 792. The van der Waals surface area contributed by atoms with Gasteiger partial charge in [0.05, 0.1) is 17.6 Å². The topological polar surface area (TPSA) is 84.7 Å². The zero-order chi connectivity index (χ0) is 19.1. The van der Waals surface area contributed by atoms with Crippen molar-refractivity contribution < 1.29 is 14.5 Å². The molecule has 0 fully saturated rings. The van der Waals surface area contributed by atoms with Crippen LogP contribution >= 0.6 is 0 Å². The molecular formula is C19H23N3O4. The van der Waals surface area contributed by atoms with Gasteiger partial charge in [0.25, 0.3) is 5.69 Å². The SMILES string of the molecule is CCN(C)Cc1cccc(CNc2ccc([N+](=O)[O-])cc2C(=O)OC)c1. The minimum atomic E-state index is -0.616. The largest absolute Gasteiger partial charge is 0.465 e. The van der Waals surface area contributed by atoms with E-state index in [9.17, 15) is 14.9 Å². The van der Waals surface area contributed by atoms with E-state index in [4.69, 9.17) is 4.74 Å². The van der Waals surface area contributed by atoms with Gasteiger partial charge in [0.2, 0.25) is 0 Å². The molecule has 0 saturated heterocycles. The third-order valence-corrected chi connectivity index (χ3v) is 4.09. The number of methoxy groups -OCH3 is 1. The van der Waals surface area contributed by atoms with Crippen molar-refractivity contribution in [2.24, 2.45) is 0 Å². The first-order valence-electron chi connectivity index (χ1n) is 8.31. The van der Waals surface area contributed by atoms with Crippen molar-refractivity contribution in [2.45, 2.75) is 20.0 Å². The van der Waals surface area contributed by atoms with E-state index < -0.39 is 10.9 Å². The molecule has 2 aromatic rings. The van der Waals surface area contributed by atoms with Gasteiger partial charge in [0, 0.05) is 30.9 Å². The third-order valence-electron chi connectivity index (χ3n) is 4.09. The molecule has 0 amide bonds. The number of carbonyl (C=O) groups is 1. The Morgan fingerprint density at radius 3 is 2.62 bits per heavy atom. The van der Waals surface area contributed by atoms with Crippen molar-refractivity contribution in [3.8, 4) is 0 Å². The van der Waals surface area contributed by atoms with Crippen molar-refractivity contribution in [3.63, 3.8) is 0 Å². The van der Waals surface area contributed by atoms with E-state index >= 15 is 0 Å². The van der Waals surface area contributed by atoms with Crippen LogP contribution in [0.2, 0.25) is 0 Å². The van der Waals surface area contributed by atoms with E-state index in [0.29, 0.717) is 12.2 Å². The average Bonchev–Trinajstić information content (AvgIpc) is 2.65. The van der Waals surface area contributed by atoms with Gasteiger partial charge in [-0.15, -0.1) is 0 Å². The minimum absolute atomic E-state index is 0.142. The molecule has 138 valence electrons. The molecule has 26 heavy (non-hydrogen) atoms. The zero-order valence-electron chi connectivity index (χ0n) is 15.2. The lowest BCUT2D eigenvalue weighted by Crippen LogP contribution is -2.16. The maximum Gasteiger partial charge on any atom is 0.340 e. The van der Waals surface area contributed by atoms with Gasteiger partial charge in [0.1, 0.15) is 0 Å². The number of nitrogens with one attached hydrogen (secondary N) is 1. The Morgan fingerprint density at radius 2 is 1.96 bits per heavy atom. The lowest BCUT2D eigenvalue weighted by molar-refractivity contribution is -0.384. The number of hydrogen-bond acceptors (Lipinski definition) is 6. The van der Waals surface area contributed by atoms with E-state index in [-0.39, 0.29) is 11.3 Å². The van der Waals surface area contributed by atoms with Gasteiger partial charge < -0.3 is 15.0 Å². The summed E-state index contributed by atoms with van der Waals surface area (Å²) >= 11 is 0. The molecule has 0 heterocycles. The van der Waals surface area contributed by atoms with Crippen molar-refractivity contribution >= 4 is 17.3 Å². The fourth-order valence-electron chi connectivity index (χ4n) is 2.54. The van der Waals surface area contributed by atoms with Gasteiger partial charge in [0.15, 0.2) is 0 Å². The molecule has 0 aromatic heterocycles. The molecule has 7 nitrogen and oxygen atoms in total. The molecule has 0 aliphatic heterocycles. The number of non-ortho nitro benzene ring substituents is 1. The van der Waals surface area contributed by atoms with Crippen LogP contribution in [0.15, 0.2) is 42.5 Å². The summed E-state index contributed by atoms with van der Waals surface area (Å²) in [4.78, 5) is 24.5. The summed E-state index contributed by atoms with van der Waals surface area (Å²) in [7, 11) is 3.31. The van der Waals surface area contributed by atoms with E-state index in [1.54, 1.807) is 0 Å². The van der Waals surface area contributed by atoms with Crippen molar-refractivity contribution in [1.82, 2.24) is 4.90 Å². The predicted octanol–water partition coefficient (Wildman–Crippen LogP) is 3.45. The summed E-state index contributed by atoms with van der Waals surface area (Å²) in [6, 6.07) is 12.3. The van der Waals surface area contributed by atoms with Crippen LogP contribution in [0.3, 0.4) is 0 Å². The van der Waals surface area contributed by atoms with Crippen LogP contribution in [-0.4, -0.2) is 36.5 Å². The molecule has 0 bridgehead atoms. The molecule has 2 aromatic carbocycles. The number of nitro benzene ring substituents is 1. The number of anilines is 1. The van der Waals surface area contributed by atoms with E-state index in [0.717, 1.165) is 18.7 Å². The standard InChI is InChI=1S/C19H23N3O4/c1-4-21(2)13-15-7-5-6-14(10-15)12-20-18-9-8-16(22(24)25)11-17(18)19(23)26-3/h5-11,20H,4,12-13H2,1-3H3. The van der Waals surface area contributed by atoms with Crippen LogP contribution in [0.1, 0.15) is 28.4 Å². The Hall–Kier alpha value is -2.93. The number of ether oxygens (including phenoxy) is 1. The molecular weight excluding hydrogens is 334 g/mol. The molecule has 0 atom stereocenters. The third kappa shape index (κ3) is 5.03. The van der Waals surface area contributed by atoms with Crippen LogP contribution in [0.25, 0.3) is 0 Å². The predicted molar refractivity (Wildman–Crippen MR) is 100 cm³/mol. The normalized spacial score (nSPS) is 10.6. The summed E-state index contributed by atoms with van der Waals surface area (Å²) < 4.78 is 4.73. The second kappa shape index (κ2) is 8.96. The number of esters is 1. The quantitative estimate of drug-likeness (QED) is 0.442. The molecule has 0 aliphatic rings. The molecule has 2 rings (SSSR count). The maximum absolute atomic E-state index is 11.9. The van der Waals surface area contributed by atoms with Gasteiger partial charge >= 0.3 is 5.97 Å². The first-order chi connectivity index (χ1) is 12.4. The second-order valence-corrected chi connectivity index (χ2v) is 5.98. The Labute approximate surface area is 152 Å². The molecule has 0 aliphatic carbocycles. The Morgan fingerprint density at radius 1 is 1.23 bits per heavy atom. The highest BCUT2D eigenvalue weighted by atomic mass is 16.6. The number of benzene rings is 2. The summed E-state index contributed by atoms with van der Waals surface area (Å²) in [6.45, 7) is 4.42. The van der Waals surface area contributed by atoms with Crippen molar-refractivity contribution in [2.75, 3.05) is 26.0 Å². The van der Waals surface area contributed by atoms with E-state index in [1.807, 2.05) is 12.1 Å². The first-order valence-corrected chi connectivity index (χ1v) is 8.31. The molecule has 7 heteroatoms. The molecule has 0 unspecified atom stereocenters. The van der Waals surface area contributed by atoms with Gasteiger partial charge in [-0.3, -0.25) is 10.1 Å². The highest BCUT2D eigenvalue weighted by molar-refractivity contribution is 5.96. The number of rotatable bonds is 8. The fourth-order valence-corrected chi connectivity index (χ4v) is 2.54. The lowest BCUT2D eigenvalue weighted by atomic mass is 10.1. The van der Waals surface area contributed by atoms with Gasteiger partial charge in [-0.2, -0.15) is 0 Å². The summed E-state index contributed by atoms with van der Waals surface area (Å²) in [5.41, 5.74) is 2.74. The number of carbonyl (C=O) groups excluding carboxylic acids is 1. The molecule has 0 radical (unpaired) electrons. The van der Waals surface area contributed by atoms with Gasteiger partial charge in [-0.25, -0.2) is 4.79 Å². The zero-order valence-corrected chi connectivity index (χ0v) is 15.2. The summed E-state index contributed by atoms with van der Waals surface area (Å²) in [5, 5.41) is 14.1. The summed E-state index contributed by atoms with van der Waals surface area (Å²) in [6.07, 6.45) is 0. The maximum atomic E-state index is 11.9. The monoisotopic (exact) mass is 357 g/mol. The molecule has 0 saturated carbocycles. The van der Waals surface area contributed by atoms with Crippen LogP contribution in [0.4, 0.5) is 11.4 Å². The Balaban J connectivity index is 2.17. The van der Waals surface area contributed by atoms with E-state index in [2.05, 4.69) is 36.3 Å². The average molecular weight is 357 g/mol. The second-order valence-electron chi connectivity index (χ2n) is 5.98. The molecule has 0 spiro atoms. The number of hydrogen-bond donors (Lipinski definition) is 1. The van der Waals surface area contributed by atoms with E-state index in [1.165, 1.54) is 30.9 Å². The van der Waals surface area contributed by atoms with Crippen molar-refractivity contribution in [3.05, 3.63) is 69.3 Å². The summed E-state index contributed by atoms with van der Waals surface area (Å²) in [5.74, 6) is -0.616. The van der Waals surface area contributed by atoms with Crippen molar-refractivity contribution in [1.29, 1.82) is 0 Å². The van der Waals surface area contributed by atoms with Crippen LogP contribution in [0, 0.1) is 10.1 Å². The van der Waals surface area contributed by atoms with Gasteiger partial charge in [-0.05, 0) is 30.8 Å². The Kier molecular flexibility index (Phi) is 6.68.